The summed E-state index contributed by atoms with van der Waals surface area (Å²) < 4.78 is 62.3. The Kier molecular flexibility index (Phi) is 7.39. The number of amides is 1. The fraction of sp³-hybridized carbons (Fsp3) is 0.407. The third-order valence-electron chi connectivity index (χ3n) is 6.78. The van der Waals surface area contributed by atoms with Crippen LogP contribution in [0.4, 0.5) is 8.78 Å². The molecular formula is C27H29F2N3O4S. The van der Waals surface area contributed by atoms with Crippen molar-refractivity contribution in [3.8, 4) is 0 Å². The number of benzene rings is 2. The predicted molar refractivity (Wildman–Crippen MR) is 132 cm³/mol. The molecule has 2 aromatic carbocycles. The molecule has 0 spiro atoms. The van der Waals surface area contributed by atoms with E-state index in [-0.39, 0.29) is 41.4 Å². The SMILES string of the molecule is O=C(c1cccc(F)c1)N(Cc1cnc(S(=O)(=O)Cc2ccccc2F)n1CC1CCCO1)CC1CC1. The highest BCUT2D eigenvalue weighted by molar-refractivity contribution is 7.90. The Morgan fingerprint density at radius 2 is 1.92 bits per heavy atom. The number of aromatic nitrogens is 2. The molecule has 3 aromatic rings. The summed E-state index contributed by atoms with van der Waals surface area (Å²) in [5.74, 6) is -1.60. The standard InChI is InChI=1S/C27H29F2N3O4S/c28-22-7-3-6-20(13-22)26(33)31(15-19-10-11-19)16-23-14-30-27(32(23)17-24-8-4-12-36-24)37(34,35)18-21-5-1-2-9-25(21)29/h1-3,5-7,9,13-14,19,24H,4,8,10-12,15-18H2. The minimum Gasteiger partial charge on any atom is -0.376 e. The highest BCUT2D eigenvalue weighted by atomic mass is 32.2. The Labute approximate surface area is 215 Å². The first-order valence-corrected chi connectivity index (χ1v) is 14.1. The number of hydrogen-bond donors (Lipinski definition) is 0. The van der Waals surface area contributed by atoms with Crippen molar-refractivity contribution < 1.29 is 26.7 Å². The highest BCUT2D eigenvalue weighted by Crippen LogP contribution is 2.31. The van der Waals surface area contributed by atoms with Gasteiger partial charge in [-0.05, 0) is 55.9 Å². The molecule has 7 nitrogen and oxygen atoms in total. The van der Waals surface area contributed by atoms with Gasteiger partial charge in [0, 0.05) is 24.3 Å². The molecular weight excluding hydrogens is 500 g/mol. The first kappa shape index (κ1) is 25.5. The monoisotopic (exact) mass is 529 g/mol. The highest BCUT2D eigenvalue weighted by Gasteiger charge is 2.31. The largest absolute Gasteiger partial charge is 0.376 e. The first-order valence-electron chi connectivity index (χ1n) is 12.5. The molecule has 0 radical (unpaired) electrons. The molecule has 1 unspecified atom stereocenters. The van der Waals surface area contributed by atoms with Gasteiger partial charge < -0.3 is 14.2 Å². The van der Waals surface area contributed by atoms with Gasteiger partial charge in [0.05, 0.1) is 36.8 Å². The fourth-order valence-electron chi connectivity index (χ4n) is 4.67. The lowest BCUT2D eigenvalue weighted by Gasteiger charge is -2.24. The van der Waals surface area contributed by atoms with Crippen LogP contribution < -0.4 is 0 Å². The summed E-state index contributed by atoms with van der Waals surface area (Å²) >= 11 is 0. The zero-order chi connectivity index (χ0) is 26.0. The van der Waals surface area contributed by atoms with Gasteiger partial charge in [-0.3, -0.25) is 4.79 Å². The van der Waals surface area contributed by atoms with Gasteiger partial charge in [0.25, 0.3) is 5.91 Å². The summed E-state index contributed by atoms with van der Waals surface area (Å²) in [6.07, 6.45) is 4.93. The van der Waals surface area contributed by atoms with Crippen molar-refractivity contribution in [2.24, 2.45) is 5.92 Å². The predicted octanol–water partition coefficient (Wildman–Crippen LogP) is 4.37. The van der Waals surface area contributed by atoms with E-state index in [1.54, 1.807) is 21.6 Å². The van der Waals surface area contributed by atoms with Crippen LogP contribution in [0.2, 0.25) is 0 Å². The van der Waals surface area contributed by atoms with Crippen LogP contribution in [0.15, 0.2) is 59.9 Å². The van der Waals surface area contributed by atoms with Gasteiger partial charge in [-0.2, -0.15) is 0 Å². The van der Waals surface area contributed by atoms with Crippen molar-refractivity contribution in [2.75, 3.05) is 13.2 Å². The minimum atomic E-state index is -4.01. The van der Waals surface area contributed by atoms with E-state index in [2.05, 4.69) is 4.98 Å². The molecule has 1 amide bonds. The molecule has 1 aromatic heterocycles. The normalized spacial score (nSPS) is 17.7. The van der Waals surface area contributed by atoms with Crippen molar-refractivity contribution in [1.82, 2.24) is 14.5 Å². The Hall–Kier alpha value is -3.11. The third-order valence-corrected chi connectivity index (χ3v) is 8.35. The molecule has 0 bridgehead atoms. The number of ether oxygens (including phenoxy) is 1. The number of halogens is 2. The van der Waals surface area contributed by atoms with E-state index in [9.17, 15) is 22.0 Å². The van der Waals surface area contributed by atoms with Crippen LogP contribution in [-0.2, 0) is 33.4 Å². The maximum absolute atomic E-state index is 14.3. The van der Waals surface area contributed by atoms with Crippen LogP contribution in [0.3, 0.4) is 0 Å². The number of imidazole rings is 1. The summed E-state index contributed by atoms with van der Waals surface area (Å²) in [6, 6.07) is 11.3. The smallest absolute Gasteiger partial charge is 0.254 e. The van der Waals surface area contributed by atoms with Crippen molar-refractivity contribution in [3.63, 3.8) is 0 Å². The quantitative estimate of drug-likeness (QED) is 0.390. The molecule has 37 heavy (non-hydrogen) atoms. The number of carbonyl (C=O) groups excluding carboxylic acids is 1. The van der Waals surface area contributed by atoms with E-state index in [1.165, 1.54) is 42.6 Å². The molecule has 0 N–H and O–H groups in total. The number of hydrogen-bond acceptors (Lipinski definition) is 5. The van der Waals surface area contributed by atoms with Crippen LogP contribution in [0.1, 0.15) is 47.3 Å². The van der Waals surface area contributed by atoms with Crippen molar-refractivity contribution in [3.05, 3.63) is 83.2 Å². The van der Waals surface area contributed by atoms with Crippen LogP contribution in [0, 0.1) is 17.6 Å². The van der Waals surface area contributed by atoms with Gasteiger partial charge in [0.1, 0.15) is 11.6 Å². The summed E-state index contributed by atoms with van der Waals surface area (Å²) in [5, 5.41) is -0.175. The van der Waals surface area contributed by atoms with E-state index < -0.39 is 27.2 Å². The zero-order valence-corrected chi connectivity index (χ0v) is 21.2. The van der Waals surface area contributed by atoms with Crippen molar-refractivity contribution in [2.45, 2.75) is 55.8 Å². The second kappa shape index (κ2) is 10.7. The van der Waals surface area contributed by atoms with Crippen LogP contribution >= 0.6 is 0 Å². The summed E-state index contributed by atoms with van der Waals surface area (Å²) in [5.41, 5.74) is 0.832. The lowest BCUT2D eigenvalue weighted by Crippen LogP contribution is -2.34. The molecule has 1 atom stereocenters. The van der Waals surface area contributed by atoms with Gasteiger partial charge >= 0.3 is 0 Å². The lowest BCUT2D eigenvalue weighted by atomic mass is 10.1. The van der Waals surface area contributed by atoms with Crippen LogP contribution in [-0.4, -0.2) is 48.0 Å². The Balaban J connectivity index is 1.47. The summed E-state index contributed by atoms with van der Waals surface area (Å²) in [6.45, 7) is 1.45. The average molecular weight is 530 g/mol. The third kappa shape index (κ3) is 6.07. The summed E-state index contributed by atoms with van der Waals surface area (Å²) in [7, 11) is -4.01. The topological polar surface area (TPSA) is 81.5 Å². The molecule has 1 aliphatic heterocycles. The van der Waals surface area contributed by atoms with Crippen LogP contribution in [0.25, 0.3) is 0 Å². The molecule has 10 heteroatoms. The van der Waals surface area contributed by atoms with E-state index in [0.717, 1.165) is 25.7 Å². The van der Waals surface area contributed by atoms with Crippen molar-refractivity contribution in [1.29, 1.82) is 0 Å². The average Bonchev–Trinajstić information content (AvgIpc) is 3.36. The van der Waals surface area contributed by atoms with Crippen molar-refractivity contribution >= 4 is 15.7 Å². The maximum atomic E-state index is 14.3. The molecule has 5 rings (SSSR count). The van der Waals surface area contributed by atoms with Gasteiger partial charge in [-0.15, -0.1) is 0 Å². The molecule has 1 saturated heterocycles. The zero-order valence-electron chi connectivity index (χ0n) is 20.4. The Morgan fingerprint density at radius 1 is 1.11 bits per heavy atom. The van der Waals surface area contributed by atoms with Gasteiger partial charge in [0.2, 0.25) is 15.0 Å². The number of sulfone groups is 1. The molecule has 1 aliphatic carbocycles. The molecule has 2 heterocycles. The Bertz CT molecular complexity index is 1380. The van der Waals surface area contributed by atoms with E-state index in [4.69, 9.17) is 4.74 Å². The van der Waals surface area contributed by atoms with Gasteiger partial charge in [0.15, 0.2) is 0 Å². The van der Waals surface area contributed by atoms with Gasteiger partial charge in [-0.1, -0.05) is 24.3 Å². The molecule has 196 valence electrons. The van der Waals surface area contributed by atoms with Crippen LogP contribution in [0.5, 0.6) is 0 Å². The molecule has 1 saturated carbocycles. The molecule has 2 fully saturated rings. The van der Waals surface area contributed by atoms with E-state index in [1.807, 2.05) is 0 Å². The summed E-state index contributed by atoms with van der Waals surface area (Å²) in [4.78, 5) is 19.2. The van der Waals surface area contributed by atoms with E-state index in [0.29, 0.717) is 24.8 Å². The van der Waals surface area contributed by atoms with Gasteiger partial charge in [-0.25, -0.2) is 22.2 Å². The second-order valence-electron chi connectivity index (χ2n) is 9.77. The number of carbonyl (C=O) groups is 1. The fourth-order valence-corrected chi connectivity index (χ4v) is 6.18. The molecule has 2 aliphatic rings. The van der Waals surface area contributed by atoms with E-state index >= 15 is 0 Å². The maximum Gasteiger partial charge on any atom is 0.254 e. The lowest BCUT2D eigenvalue weighted by molar-refractivity contribution is 0.0723. The minimum absolute atomic E-state index is 0.0624. The number of rotatable bonds is 10. The second-order valence-corrected chi connectivity index (χ2v) is 11.7. The first-order chi connectivity index (χ1) is 17.8. The Morgan fingerprint density at radius 3 is 2.62 bits per heavy atom. The number of nitrogens with zero attached hydrogens (tertiary/aromatic N) is 3.